The quantitative estimate of drug-likeness (QED) is 0.921. The predicted octanol–water partition coefficient (Wildman–Crippen LogP) is 3.13. The Labute approximate surface area is 130 Å². The topological polar surface area (TPSA) is 32.6 Å². The first-order valence-electron chi connectivity index (χ1n) is 8.15. The zero-order valence-electron chi connectivity index (χ0n) is 12.9. The highest BCUT2D eigenvalue weighted by molar-refractivity contribution is 7.15. The molecule has 1 unspecified atom stereocenters. The fourth-order valence-electron chi connectivity index (χ4n) is 3.29. The molecule has 1 aliphatic heterocycles. The van der Waals surface area contributed by atoms with E-state index in [4.69, 9.17) is 4.98 Å². The number of rotatable bonds is 5. The third-order valence-electron chi connectivity index (χ3n) is 4.94. The molecule has 1 saturated heterocycles. The molecule has 3 heterocycles. The summed E-state index contributed by atoms with van der Waals surface area (Å²) < 4.78 is 2.28. The summed E-state index contributed by atoms with van der Waals surface area (Å²) in [5, 5.41) is 5.79. The molecule has 5 heteroatoms. The first-order chi connectivity index (χ1) is 10.2. The van der Waals surface area contributed by atoms with Crippen molar-refractivity contribution in [2.24, 2.45) is 11.8 Å². The molecule has 0 spiro atoms. The minimum Gasteiger partial charge on any atom is -0.355 e. The number of aromatic nitrogens is 2. The van der Waals surface area contributed by atoms with Crippen LogP contribution in [0.1, 0.15) is 38.8 Å². The SMILES string of the molecule is CC(C)C1CCN(c2nc3sccn3c2CNC2CC2)C1. The molecule has 2 fully saturated rings. The Bertz CT molecular complexity index is 625. The monoisotopic (exact) mass is 304 g/mol. The largest absolute Gasteiger partial charge is 0.355 e. The van der Waals surface area contributed by atoms with Crippen LogP contribution < -0.4 is 10.2 Å². The van der Waals surface area contributed by atoms with Crippen LogP contribution in [0.25, 0.3) is 4.96 Å². The van der Waals surface area contributed by atoms with Crippen molar-refractivity contribution >= 4 is 22.1 Å². The van der Waals surface area contributed by atoms with E-state index in [2.05, 4.69) is 40.0 Å². The second-order valence-electron chi connectivity index (χ2n) is 6.83. The van der Waals surface area contributed by atoms with Gasteiger partial charge < -0.3 is 10.2 Å². The third kappa shape index (κ3) is 2.57. The van der Waals surface area contributed by atoms with Crippen molar-refractivity contribution in [1.82, 2.24) is 14.7 Å². The number of imidazole rings is 1. The Hall–Kier alpha value is -1.07. The maximum Gasteiger partial charge on any atom is 0.195 e. The van der Waals surface area contributed by atoms with E-state index >= 15 is 0 Å². The lowest BCUT2D eigenvalue weighted by Gasteiger charge is -2.19. The van der Waals surface area contributed by atoms with Gasteiger partial charge in [0, 0.05) is 37.3 Å². The summed E-state index contributed by atoms with van der Waals surface area (Å²) in [4.78, 5) is 8.55. The number of fused-ring (bicyclic) bond motifs is 1. The van der Waals surface area contributed by atoms with Crippen LogP contribution in [0.15, 0.2) is 11.6 Å². The minimum atomic E-state index is 0.740. The summed E-state index contributed by atoms with van der Waals surface area (Å²) in [5.41, 5.74) is 1.35. The second-order valence-corrected chi connectivity index (χ2v) is 7.70. The highest BCUT2D eigenvalue weighted by atomic mass is 32.1. The predicted molar refractivity (Wildman–Crippen MR) is 88.1 cm³/mol. The molecule has 0 aromatic carbocycles. The third-order valence-corrected chi connectivity index (χ3v) is 5.70. The van der Waals surface area contributed by atoms with Gasteiger partial charge in [-0.2, -0.15) is 0 Å². The fourth-order valence-corrected chi connectivity index (χ4v) is 4.02. The van der Waals surface area contributed by atoms with Crippen LogP contribution in [0, 0.1) is 11.8 Å². The zero-order chi connectivity index (χ0) is 14.4. The molecular formula is C16H24N4S. The minimum absolute atomic E-state index is 0.740. The van der Waals surface area contributed by atoms with E-state index in [0.29, 0.717) is 0 Å². The summed E-state index contributed by atoms with van der Waals surface area (Å²) in [7, 11) is 0. The lowest BCUT2D eigenvalue weighted by atomic mass is 9.95. The van der Waals surface area contributed by atoms with Crippen molar-refractivity contribution in [2.75, 3.05) is 18.0 Å². The molecule has 1 atom stereocenters. The smallest absolute Gasteiger partial charge is 0.195 e. The molecule has 1 saturated carbocycles. The van der Waals surface area contributed by atoms with Gasteiger partial charge in [0.15, 0.2) is 10.8 Å². The van der Waals surface area contributed by atoms with E-state index in [1.807, 2.05) is 0 Å². The van der Waals surface area contributed by atoms with Crippen LogP contribution in [0.4, 0.5) is 5.82 Å². The lowest BCUT2D eigenvalue weighted by molar-refractivity contribution is 0.422. The summed E-state index contributed by atoms with van der Waals surface area (Å²) in [6.07, 6.45) is 6.13. The van der Waals surface area contributed by atoms with Gasteiger partial charge in [0.05, 0.1) is 5.69 Å². The van der Waals surface area contributed by atoms with E-state index < -0.39 is 0 Å². The van der Waals surface area contributed by atoms with E-state index in [0.717, 1.165) is 35.9 Å². The first-order valence-corrected chi connectivity index (χ1v) is 9.03. The van der Waals surface area contributed by atoms with Gasteiger partial charge in [-0.15, -0.1) is 11.3 Å². The van der Waals surface area contributed by atoms with E-state index in [1.165, 1.54) is 37.3 Å². The van der Waals surface area contributed by atoms with Crippen molar-refractivity contribution in [1.29, 1.82) is 0 Å². The van der Waals surface area contributed by atoms with Crippen molar-refractivity contribution in [3.05, 3.63) is 17.3 Å². The summed E-state index contributed by atoms with van der Waals surface area (Å²) in [6.45, 7) is 7.95. The molecule has 1 aliphatic carbocycles. The van der Waals surface area contributed by atoms with Gasteiger partial charge in [-0.3, -0.25) is 4.40 Å². The molecule has 2 aromatic heterocycles. The molecule has 21 heavy (non-hydrogen) atoms. The maximum absolute atomic E-state index is 4.91. The van der Waals surface area contributed by atoms with Crippen molar-refractivity contribution in [3.8, 4) is 0 Å². The fraction of sp³-hybridized carbons (Fsp3) is 0.688. The second kappa shape index (κ2) is 5.29. The van der Waals surface area contributed by atoms with E-state index in [-0.39, 0.29) is 0 Å². The molecule has 1 N–H and O–H groups in total. The Morgan fingerprint density at radius 3 is 2.95 bits per heavy atom. The number of nitrogens with zero attached hydrogens (tertiary/aromatic N) is 3. The van der Waals surface area contributed by atoms with Gasteiger partial charge in [0.2, 0.25) is 0 Å². The standard InChI is InChI=1S/C16H24N4S/c1-11(2)12-5-6-19(10-12)15-14(9-17-13-3-4-13)20-7-8-21-16(20)18-15/h7-8,11-13,17H,3-6,9-10H2,1-2H3. The Morgan fingerprint density at radius 1 is 1.38 bits per heavy atom. The van der Waals surface area contributed by atoms with Gasteiger partial charge in [0.1, 0.15) is 0 Å². The van der Waals surface area contributed by atoms with Gasteiger partial charge in [-0.1, -0.05) is 13.8 Å². The lowest BCUT2D eigenvalue weighted by Crippen LogP contribution is -2.25. The summed E-state index contributed by atoms with van der Waals surface area (Å²) in [6, 6.07) is 0.740. The molecule has 2 aromatic rings. The molecule has 4 rings (SSSR count). The average molecular weight is 304 g/mol. The molecule has 0 radical (unpaired) electrons. The molecule has 4 nitrogen and oxygen atoms in total. The van der Waals surface area contributed by atoms with Gasteiger partial charge in [0.25, 0.3) is 0 Å². The highest BCUT2D eigenvalue weighted by Crippen LogP contribution is 2.32. The molecule has 0 bridgehead atoms. The number of thiazole rings is 1. The molecule has 0 amide bonds. The van der Waals surface area contributed by atoms with Crippen molar-refractivity contribution in [2.45, 2.75) is 45.7 Å². The molecular weight excluding hydrogens is 280 g/mol. The average Bonchev–Trinajstić information content (AvgIpc) is 2.90. The Morgan fingerprint density at radius 2 is 2.24 bits per heavy atom. The Balaban J connectivity index is 1.60. The van der Waals surface area contributed by atoms with Crippen molar-refractivity contribution in [3.63, 3.8) is 0 Å². The van der Waals surface area contributed by atoms with E-state index in [9.17, 15) is 0 Å². The Kier molecular flexibility index (Phi) is 3.42. The summed E-state index contributed by atoms with van der Waals surface area (Å²) >= 11 is 1.74. The van der Waals surface area contributed by atoms with Crippen LogP contribution in [0.2, 0.25) is 0 Å². The highest BCUT2D eigenvalue weighted by Gasteiger charge is 2.29. The number of anilines is 1. The maximum atomic E-state index is 4.91. The first kappa shape index (κ1) is 13.6. The van der Waals surface area contributed by atoms with Crippen LogP contribution in [-0.4, -0.2) is 28.5 Å². The van der Waals surface area contributed by atoms with Crippen molar-refractivity contribution < 1.29 is 0 Å². The number of hydrogen-bond donors (Lipinski definition) is 1. The van der Waals surface area contributed by atoms with Gasteiger partial charge in [-0.25, -0.2) is 4.98 Å². The van der Waals surface area contributed by atoms with E-state index in [1.54, 1.807) is 11.3 Å². The van der Waals surface area contributed by atoms with Crippen LogP contribution in [-0.2, 0) is 6.54 Å². The van der Waals surface area contributed by atoms with Crippen LogP contribution in [0.3, 0.4) is 0 Å². The normalized spacial score (nSPS) is 22.8. The van der Waals surface area contributed by atoms with Gasteiger partial charge in [-0.05, 0) is 31.1 Å². The number of nitrogens with one attached hydrogen (secondary N) is 1. The molecule has 2 aliphatic rings. The van der Waals surface area contributed by atoms with Crippen LogP contribution >= 0.6 is 11.3 Å². The summed E-state index contributed by atoms with van der Waals surface area (Å²) in [5.74, 6) is 2.80. The van der Waals surface area contributed by atoms with Gasteiger partial charge >= 0.3 is 0 Å². The number of hydrogen-bond acceptors (Lipinski definition) is 4. The van der Waals surface area contributed by atoms with Crippen LogP contribution in [0.5, 0.6) is 0 Å². The molecule has 114 valence electrons. The zero-order valence-corrected chi connectivity index (χ0v) is 13.7.